The molecule has 0 aromatic rings. The van der Waals surface area contributed by atoms with E-state index in [-0.39, 0.29) is 12.7 Å². The molecular weight excluding hydrogens is 140 g/mol. The molecule has 1 aliphatic carbocycles. The fraction of sp³-hybridized carbons (Fsp3) is 0.778. The van der Waals surface area contributed by atoms with Crippen LogP contribution in [0.3, 0.4) is 0 Å². The topological polar surface area (TPSA) is 40.5 Å². The maximum Gasteiger partial charge on any atom is 0.0750 e. The Balaban J connectivity index is 2.34. The van der Waals surface area contributed by atoms with Gasteiger partial charge in [-0.15, -0.1) is 0 Å². The Morgan fingerprint density at radius 2 is 2.36 bits per heavy atom. The van der Waals surface area contributed by atoms with E-state index >= 15 is 0 Å². The molecule has 2 N–H and O–H groups in total. The summed E-state index contributed by atoms with van der Waals surface area (Å²) in [5.41, 5.74) is 1.13. The molecule has 0 aliphatic heterocycles. The standard InChI is InChI=1S/C9H16O2/c10-7-3-5-8-4-1-2-6-9(8)11/h4,9-11H,1-3,5-7H2/t9-/m1/s1. The number of rotatable bonds is 3. The second-order valence-corrected chi connectivity index (χ2v) is 3.05. The Hall–Kier alpha value is -0.340. The highest BCUT2D eigenvalue weighted by atomic mass is 16.3. The average Bonchev–Trinajstić information content (AvgIpc) is 2.03. The average molecular weight is 156 g/mol. The van der Waals surface area contributed by atoms with Gasteiger partial charge in [-0.2, -0.15) is 0 Å². The van der Waals surface area contributed by atoms with Crippen molar-refractivity contribution >= 4 is 0 Å². The molecule has 0 heterocycles. The van der Waals surface area contributed by atoms with Gasteiger partial charge in [0.1, 0.15) is 0 Å². The number of hydrogen-bond acceptors (Lipinski definition) is 2. The fourth-order valence-electron chi connectivity index (χ4n) is 1.47. The minimum Gasteiger partial charge on any atom is -0.396 e. The van der Waals surface area contributed by atoms with Gasteiger partial charge < -0.3 is 10.2 Å². The Morgan fingerprint density at radius 3 is 3.00 bits per heavy atom. The van der Waals surface area contributed by atoms with Gasteiger partial charge >= 0.3 is 0 Å². The van der Waals surface area contributed by atoms with Crippen LogP contribution >= 0.6 is 0 Å². The van der Waals surface area contributed by atoms with Crippen LogP contribution in [0.2, 0.25) is 0 Å². The summed E-state index contributed by atoms with van der Waals surface area (Å²) < 4.78 is 0. The van der Waals surface area contributed by atoms with Crippen LogP contribution in [0, 0.1) is 0 Å². The summed E-state index contributed by atoms with van der Waals surface area (Å²) in [4.78, 5) is 0. The van der Waals surface area contributed by atoms with E-state index in [4.69, 9.17) is 5.11 Å². The first-order chi connectivity index (χ1) is 5.34. The van der Waals surface area contributed by atoms with E-state index in [1.165, 1.54) is 0 Å². The third-order valence-corrected chi connectivity index (χ3v) is 2.14. The van der Waals surface area contributed by atoms with Gasteiger partial charge in [-0.05, 0) is 37.7 Å². The molecule has 0 saturated heterocycles. The van der Waals surface area contributed by atoms with E-state index in [1.807, 2.05) is 0 Å². The highest BCUT2D eigenvalue weighted by molar-refractivity contribution is 5.10. The number of allylic oxidation sites excluding steroid dienone is 1. The van der Waals surface area contributed by atoms with Crippen LogP contribution < -0.4 is 0 Å². The summed E-state index contributed by atoms with van der Waals surface area (Å²) in [5, 5.41) is 18.0. The van der Waals surface area contributed by atoms with Gasteiger partial charge in [-0.3, -0.25) is 0 Å². The fourth-order valence-corrected chi connectivity index (χ4v) is 1.47. The van der Waals surface area contributed by atoms with Crippen molar-refractivity contribution in [2.45, 2.75) is 38.2 Å². The van der Waals surface area contributed by atoms with Crippen LogP contribution in [-0.2, 0) is 0 Å². The van der Waals surface area contributed by atoms with E-state index in [1.54, 1.807) is 0 Å². The van der Waals surface area contributed by atoms with Crippen molar-refractivity contribution in [1.82, 2.24) is 0 Å². The van der Waals surface area contributed by atoms with E-state index in [0.717, 1.165) is 37.7 Å². The van der Waals surface area contributed by atoms with Crippen molar-refractivity contribution < 1.29 is 10.2 Å². The molecule has 0 radical (unpaired) electrons. The lowest BCUT2D eigenvalue weighted by molar-refractivity contribution is 0.184. The van der Waals surface area contributed by atoms with Gasteiger partial charge in [0.2, 0.25) is 0 Å². The Kier molecular flexibility index (Phi) is 3.60. The SMILES string of the molecule is OCCCC1=CCCC[C@H]1O. The first-order valence-corrected chi connectivity index (χ1v) is 4.32. The lowest BCUT2D eigenvalue weighted by Gasteiger charge is -2.18. The predicted molar refractivity (Wildman–Crippen MR) is 44.3 cm³/mol. The van der Waals surface area contributed by atoms with Crippen LogP contribution in [0.25, 0.3) is 0 Å². The Labute approximate surface area is 67.6 Å². The van der Waals surface area contributed by atoms with E-state index in [2.05, 4.69) is 6.08 Å². The summed E-state index contributed by atoms with van der Waals surface area (Å²) in [5.74, 6) is 0. The van der Waals surface area contributed by atoms with Crippen molar-refractivity contribution in [3.8, 4) is 0 Å². The Bertz CT molecular complexity index is 140. The third-order valence-electron chi connectivity index (χ3n) is 2.14. The number of aliphatic hydroxyl groups is 2. The first kappa shape index (κ1) is 8.75. The molecule has 2 nitrogen and oxygen atoms in total. The van der Waals surface area contributed by atoms with Crippen molar-refractivity contribution in [2.24, 2.45) is 0 Å². The molecule has 0 aromatic carbocycles. The summed E-state index contributed by atoms with van der Waals surface area (Å²) in [7, 11) is 0. The maximum absolute atomic E-state index is 9.45. The van der Waals surface area contributed by atoms with Gasteiger partial charge in [-0.1, -0.05) is 6.08 Å². The molecular formula is C9H16O2. The normalized spacial score (nSPS) is 24.9. The minimum atomic E-state index is -0.227. The molecule has 1 aliphatic rings. The predicted octanol–water partition coefficient (Wildman–Crippen LogP) is 1.23. The summed E-state index contributed by atoms with van der Waals surface area (Å²) in [6.45, 7) is 0.226. The quantitative estimate of drug-likeness (QED) is 0.603. The Morgan fingerprint density at radius 1 is 1.55 bits per heavy atom. The van der Waals surface area contributed by atoms with Crippen LogP contribution in [0.1, 0.15) is 32.1 Å². The van der Waals surface area contributed by atoms with Gasteiger partial charge in [0.05, 0.1) is 6.10 Å². The highest BCUT2D eigenvalue weighted by Crippen LogP contribution is 2.21. The lowest BCUT2D eigenvalue weighted by Crippen LogP contribution is -2.13. The second-order valence-electron chi connectivity index (χ2n) is 3.05. The van der Waals surface area contributed by atoms with E-state index in [0.29, 0.717) is 0 Å². The van der Waals surface area contributed by atoms with Crippen molar-refractivity contribution in [3.05, 3.63) is 11.6 Å². The summed E-state index contributed by atoms with van der Waals surface area (Å²) in [6.07, 6.45) is 6.62. The number of hydrogen-bond donors (Lipinski definition) is 2. The minimum absolute atomic E-state index is 0.226. The summed E-state index contributed by atoms with van der Waals surface area (Å²) in [6, 6.07) is 0. The van der Waals surface area contributed by atoms with Crippen LogP contribution in [0.15, 0.2) is 11.6 Å². The molecule has 0 spiro atoms. The number of aliphatic hydroxyl groups excluding tert-OH is 2. The van der Waals surface area contributed by atoms with E-state index in [9.17, 15) is 5.11 Å². The second kappa shape index (κ2) is 4.52. The molecule has 11 heavy (non-hydrogen) atoms. The van der Waals surface area contributed by atoms with Crippen LogP contribution in [0.4, 0.5) is 0 Å². The van der Waals surface area contributed by atoms with Gasteiger partial charge in [-0.25, -0.2) is 0 Å². The third kappa shape index (κ3) is 2.64. The first-order valence-electron chi connectivity index (χ1n) is 4.32. The van der Waals surface area contributed by atoms with Crippen LogP contribution in [0.5, 0.6) is 0 Å². The molecule has 0 amide bonds. The zero-order valence-corrected chi connectivity index (χ0v) is 6.79. The van der Waals surface area contributed by atoms with Gasteiger partial charge in [0.25, 0.3) is 0 Å². The van der Waals surface area contributed by atoms with Crippen molar-refractivity contribution in [2.75, 3.05) is 6.61 Å². The maximum atomic E-state index is 9.45. The zero-order chi connectivity index (χ0) is 8.10. The van der Waals surface area contributed by atoms with Crippen molar-refractivity contribution in [3.63, 3.8) is 0 Å². The molecule has 0 bridgehead atoms. The molecule has 2 heteroatoms. The molecule has 0 saturated carbocycles. The molecule has 64 valence electrons. The molecule has 1 rings (SSSR count). The molecule has 1 atom stereocenters. The molecule has 0 aromatic heterocycles. The molecule has 0 unspecified atom stereocenters. The van der Waals surface area contributed by atoms with E-state index < -0.39 is 0 Å². The highest BCUT2D eigenvalue weighted by Gasteiger charge is 2.13. The molecule has 0 fully saturated rings. The largest absolute Gasteiger partial charge is 0.396 e. The van der Waals surface area contributed by atoms with Gasteiger partial charge in [0, 0.05) is 6.61 Å². The smallest absolute Gasteiger partial charge is 0.0750 e. The monoisotopic (exact) mass is 156 g/mol. The zero-order valence-electron chi connectivity index (χ0n) is 6.79. The van der Waals surface area contributed by atoms with Crippen LogP contribution in [-0.4, -0.2) is 22.9 Å². The van der Waals surface area contributed by atoms with Gasteiger partial charge in [0.15, 0.2) is 0 Å². The summed E-state index contributed by atoms with van der Waals surface area (Å²) >= 11 is 0. The van der Waals surface area contributed by atoms with Crippen molar-refractivity contribution in [1.29, 1.82) is 0 Å². The lowest BCUT2D eigenvalue weighted by atomic mass is 9.93.